The number of nitriles is 1. The third kappa shape index (κ3) is 2.61. The monoisotopic (exact) mass is 292 g/mol. The van der Waals surface area contributed by atoms with Gasteiger partial charge in [-0.15, -0.1) is 0 Å². The lowest BCUT2D eigenvalue weighted by molar-refractivity contribution is -0.136. The molecule has 3 rings (SSSR count). The minimum Gasteiger partial charge on any atom is -0.368 e. The number of nitrogens with two attached hydrogens (primary N) is 1. The molecule has 3 N–H and O–H groups in total. The second-order valence-electron chi connectivity index (χ2n) is 6.12. The highest BCUT2D eigenvalue weighted by Crippen LogP contribution is 2.38. The van der Waals surface area contributed by atoms with Gasteiger partial charge in [0.2, 0.25) is 11.8 Å². The molecule has 3 fully saturated rings. The summed E-state index contributed by atoms with van der Waals surface area (Å²) in [6.45, 7) is 0.602. The van der Waals surface area contributed by atoms with Crippen molar-refractivity contribution in [2.45, 2.75) is 49.9 Å². The van der Waals surface area contributed by atoms with Crippen LogP contribution in [0.1, 0.15) is 25.7 Å². The van der Waals surface area contributed by atoms with Crippen LogP contribution in [0.5, 0.6) is 0 Å². The van der Waals surface area contributed by atoms with Crippen LogP contribution in [0.4, 0.5) is 0 Å². The first-order valence-corrected chi connectivity index (χ1v) is 7.46. The number of primary amides is 1. The number of nitrogens with zero attached hydrogens (tertiary/aromatic N) is 2. The average Bonchev–Trinajstić information content (AvgIpc) is 3.17. The van der Waals surface area contributed by atoms with Crippen molar-refractivity contribution >= 4 is 11.8 Å². The SMILES string of the molecule is N#C[C@@H]1CCCN1C(=O)[C@H]1N[C@@H]2C[C@H]1C[C@H]2OCC(N)=O. The molecule has 1 aliphatic carbocycles. The molecule has 21 heavy (non-hydrogen) atoms. The molecule has 3 aliphatic rings. The Morgan fingerprint density at radius 2 is 2.24 bits per heavy atom. The summed E-state index contributed by atoms with van der Waals surface area (Å²) in [4.78, 5) is 25.0. The summed E-state index contributed by atoms with van der Waals surface area (Å²) >= 11 is 0. The van der Waals surface area contributed by atoms with Crippen molar-refractivity contribution in [1.82, 2.24) is 10.2 Å². The number of hydrogen-bond acceptors (Lipinski definition) is 5. The van der Waals surface area contributed by atoms with Crippen LogP contribution >= 0.6 is 0 Å². The van der Waals surface area contributed by atoms with Gasteiger partial charge in [0.05, 0.1) is 18.2 Å². The number of ether oxygens (including phenoxy) is 1. The Bertz CT molecular complexity index is 489. The van der Waals surface area contributed by atoms with Crippen molar-refractivity contribution in [2.75, 3.05) is 13.2 Å². The zero-order valence-electron chi connectivity index (χ0n) is 11.8. The van der Waals surface area contributed by atoms with Crippen molar-refractivity contribution in [3.63, 3.8) is 0 Å². The Morgan fingerprint density at radius 3 is 2.86 bits per heavy atom. The predicted octanol–water partition coefficient (Wildman–Crippen LogP) is -0.878. The van der Waals surface area contributed by atoms with E-state index in [1.165, 1.54) is 0 Å². The van der Waals surface area contributed by atoms with Gasteiger partial charge in [0.25, 0.3) is 0 Å². The molecular weight excluding hydrogens is 272 g/mol. The van der Waals surface area contributed by atoms with E-state index in [4.69, 9.17) is 15.7 Å². The smallest absolute Gasteiger partial charge is 0.243 e. The summed E-state index contributed by atoms with van der Waals surface area (Å²) in [5, 5.41) is 12.4. The van der Waals surface area contributed by atoms with Gasteiger partial charge < -0.3 is 20.7 Å². The van der Waals surface area contributed by atoms with Crippen molar-refractivity contribution in [3.05, 3.63) is 0 Å². The minimum absolute atomic E-state index is 0.0416. The van der Waals surface area contributed by atoms with Gasteiger partial charge in [-0.05, 0) is 31.6 Å². The van der Waals surface area contributed by atoms with Crippen LogP contribution in [0, 0.1) is 17.2 Å². The topological polar surface area (TPSA) is 108 Å². The average molecular weight is 292 g/mol. The molecule has 1 saturated carbocycles. The van der Waals surface area contributed by atoms with E-state index in [-0.39, 0.29) is 42.7 Å². The summed E-state index contributed by atoms with van der Waals surface area (Å²) in [7, 11) is 0. The number of rotatable bonds is 4. The molecule has 2 heterocycles. The van der Waals surface area contributed by atoms with Crippen LogP contribution in [-0.2, 0) is 14.3 Å². The second kappa shape index (κ2) is 5.62. The summed E-state index contributed by atoms with van der Waals surface area (Å²) in [5.74, 6) is -0.209. The molecule has 0 aromatic rings. The predicted molar refractivity (Wildman–Crippen MR) is 72.7 cm³/mol. The highest BCUT2D eigenvalue weighted by atomic mass is 16.5. The number of amides is 2. The Balaban J connectivity index is 1.58. The van der Waals surface area contributed by atoms with Gasteiger partial charge in [-0.25, -0.2) is 0 Å². The van der Waals surface area contributed by atoms with Crippen LogP contribution in [-0.4, -0.2) is 54.1 Å². The van der Waals surface area contributed by atoms with Crippen LogP contribution in [0.2, 0.25) is 0 Å². The first-order chi connectivity index (χ1) is 10.1. The summed E-state index contributed by atoms with van der Waals surface area (Å²) < 4.78 is 5.48. The van der Waals surface area contributed by atoms with Gasteiger partial charge in [0.1, 0.15) is 12.6 Å². The number of piperidine rings is 1. The molecular formula is C14H20N4O3. The van der Waals surface area contributed by atoms with Gasteiger partial charge in [0, 0.05) is 12.6 Å². The van der Waals surface area contributed by atoms with E-state index in [0.717, 1.165) is 25.7 Å². The molecule has 0 unspecified atom stereocenters. The lowest BCUT2D eigenvalue weighted by Crippen LogP contribution is -2.54. The fourth-order valence-electron chi connectivity index (χ4n) is 3.84. The summed E-state index contributed by atoms with van der Waals surface area (Å²) in [5.41, 5.74) is 5.08. The minimum atomic E-state index is -0.473. The fourth-order valence-corrected chi connectivity index (χ4v) is 3.84. The van der Waals surface area contributed by atoms with Crippen LogP contribution < -0.4 is 11.1 Å². The molecule has 2 amide bonds. The largest absolute Gasteiger partial charge is 0.368 e. The van der Waals surface area contributed by atoms with E-state index in [1.807, 2.05) is 0 Å². The first-order valence-electron chi connectivity index (χ1n) is 7.46. The van der Waals surface area contributed by atoms with Crippen molar-refractivity contribution in [3.8, 4) is 6.07 Å². The number of fused-ring (bicyclic) bond motifs is 2. The zero-order chi connectivity index (χ0) is 15.0. The van der Waals surface area contributed by atoms with Crippen molar-refractivity contribution in [1.29, 1.82) is 5.26 Å². The fraction of sp³-hybridized carbons (Fsp3) is 0.786. The number of carbonyl (C=O) groups excluding carboxylic acids is 2. The van der Waals surface area contributed by atoms with Crippen LogP contribution in [0.3, 0.4) is 0 Å². The molecule has 0 radical (unpaired) electrons. The second-order valence-corrected chi connectivity index (χ2v) is 6.12. The van der Waals surface area contributed by atoms with E-state index in [1.54, 1.807) is 4.90 Å². The molecule has 7 heteroatoms. The number of nitrogens with one attached hydrogen (secondary N) is 1. The Morgan fingerprint density at radius 1 is 1.43 bits per heavy atom. The maximum Gasteiger partial charge on any atom is 0.243 e. The number of carbonyl (C=O) groups is 2. The highest BCUT2D eigenvalue weighted by molar-refractivity contribution is 5.84. The molecule has 0 spiro atoms. The number of likely N-dealkylation sites (tertiary alicyclic amines) is 1. The quantitative estimate of drug-likeness (QED) is 0.699. The van der Waals surface area contributed by atoms with E-state index < -0.39 is 5.91 Å². The van der Waals surface area contributed by atoms with Gasteiger partial charge in [-0.2, -0.15) is 5.26 Å². The lowest BCUT2D eigenvalue weighted by Gasteiger charge is -2.31. The van der Waals surface area contributed by atoms with Crippen molar-refractivity contribution < 1.29 is 14.3 Å². The summed E-state index contributed by atoms with van der Waals surface area (Å²) in [6.07, 6.45) is 3.27. The number of hydrogen-bond donors (Lipinski definition) is 2. The van der Waals surface area contributed by atoms with Gasteiger partial charge >= 0.3 is 0 Å². The Hall–Kier alpha value is -1.65. The zero-order valence-corrected chi connectivity index (χ0v) is 11.8. The maximum absolute atomic E-state index is 12.6. The maximum atomic E-state index is 12.6. The van der Waals surface area contributed by atoms with E-state index in [2.05, 4.69) is 11.4 Å². The van der Waals surface area contributed by atoms with E-state index in [0.29, 0.717) is 6.54 Å². The standard InChI is InChI=1S/C14H20N4O3/c15-6-9-2-1-3-18(9)14(20)13-8-4-10(17-13)11(5-8)21-7-12(16)19/h8-11,13,17H,1-5,7H2,(H2,16,19)/t8-,9-,10+,11+,13-/m0/s1. The molecule has 5 atom stereocenters. The van der Waals surface area contributed by atoms with Gasteiger partial charge in [-0.3, -0.25) is 9.59 Å². The molecule has 7 nitrogen and oxygen atoms in total. The molecule has 114 valence electrons. The van der Waals surface area contributed by atoms with E-state index in [9.17, 15) is 9.59 Å². The molecule has 0 aromatic carbocycles. The molecule has 2 bridgehead atoms. The third-order valence-corrected chi connectivity index (χ3v) is 4.80. The first kappa shape index (κ1) is 14.3. The van der Waals surface area contributed by atoms with E-state index >= 15 is 0 Å². The molecule has 2 saturated heterocycles. The molecule has 2 aliphatic heterocycles. The van der Waals surface area contributed by atoms with Crippen LogP contribution in [0.25, 0.3) is 0 Å². The van der Waals surface area contributed by atoms with Gasteiger partial charge in [0.15, 0.2) is 0 Å². The Labute approximate surface area is 123 Å². The van der Waals surface area contributed by atoms with Gasteiger partial charge in [-0.1, -0.05) is 0 Å². The highest BCUT2D eigenvalue weighted by Gasteiger charge is 2.50. The van der Waals surface area contributed by atoms with Crippen LogP contribution in [0.15, 0.2) is 0 Å². The Kier molecular flexibility index (Phi) is 3.83. The van der Waals surface area contributed by atoms with Crippen molar-refractivity contribution in [2.24, 2.45) is 11.7 Å². The normalized spacial score (nSPS) is 37.7. The molecule has 0 aromatic heterocycles. The lowest BCUT2D eigenvalue weighted by atomic mass is 9.97. The summed E-state index contributed by atoms with van der Waals surface area (Å²) in [6, 6.07) is 1.82. The third-order valence-electron chi connectivity index (χ3n) is 4.80.